The normalized spacial score (nSPS) is 24.7. The molecule has 1 unspecified atom stereocenters. The van der Waals surface area contributed by atoms with Gasteiger partial charge in [0.15, 0.2) is 6.33 Å². The van der Waals surface area contributed by atoms with E-state index in [1.165, 1.54) is 15.5 Å². The number of nitrogens with zero attached hydrogens (tertiary/aromatic N) is 3. The fraction of sp³-hybridized carbons (Fsp3) is 0.389. The van der Waals surface area contributed by atoms with Crippen LogP contribution in [0.2, 0.25) is 0 Å². The van der Waals surface area contributed by atoms with Gasteiger partial charge >= 0.3 is 5.65 Å². The molecule has 0 aliphatic carbocycles. The van der Waals surface area contributed by atoms with Crippen molar-refractivity contribution in [3.63, 3.8) is 0 Å². The number of aliphatic hydroxyl groups excluding tert-OH is 2. The number of phosphoric acid groups is 1. The van der Waals surface area contributed by atoms with Crippen LogP contribution in [0.4, 0.5) is 5.95 Å². The van der Waals surface area contributed by atoms with Crippen molar-refractivity contribution in [2.24, 2.45) is 0 Å². The van der Waals surface area contributed by atoms with Crippen molar-refractivity contribution in [3.8, 4) is 5.75 Å². The van der Waals surface area contributed by atoms with Crippen molar-refractivity contribution in [2.45, 2.75) is 31.1 Å². The van der Waals surface area contributed by atoms with E-state index in [2.05, 4.69) is 14.5 Å². The van der Waals surface area contributed by atoms with Crippen LogP contribution >= 0.6 is 7.82 Å². The second-order valence-electron chi connectivity index (χ2n) is 7.31. The van der Waals surface area contributed by atoms with Crippen LogP contribution in [0, 0.1) is 0 Å². The number of nitrogen functional groups attached to an aromatic ring is 1. The number of anilines is 1. The third kappa shape index (κ3) is 5.07. The van der Waals surface area contributed by atoms with Crippen molar-refractivity contribution < 1.29 is 43.1 Å². The van der Waals surface area contributed by atoms with Crippen molar-refractivity contribution in [1.29, 1.82) is 0 Å². The van der Waals surface area contributed by atoms with E-state index in [9.17, 15) is 24.5 Å². The molecular formula is C18H22N5O9P. The molecule has 0 spiro atoms. The number of nitrogens with two attached hydrogens (primary N) is 1. The van der Waals surface area contributed by atoms with Crippen molar-refractivity contribution in [2.75, 3.05) is 18.9 Å². The molecule has 4 rings (SSSR count). The molecule has 1 aliphatic heterocycles. The number of aromatic amines is 1. The number of rotatable bonds is 8. The van der Waals surface area contributed by atoms with Gasteiger partial charge in [0.05, 0.1) is 6.61 Å². The lowest BCUT2D eigenvalue weighted by Crippen LogP contribution is -2.46. The van der Waals surface area contributed by atoms with Gasteiger partial charge in [-0.2, -0.15) is 0 Å². The van der Waals surface area contributed by atoms with Crippen LogP contribution in [-0.4, -0.2) is 61.2 Å². The Bertz CT molecular complexity index is 1230. The number of fused-ring (bicyclic) bond motifs is 1. The van der Waals surface area contributed by atoms with Crippen LogP contribution in [0.1, 0.15) is 6.23 Å². The van der Waals surface area contributed by atoms with Crippen molar-refractivity contribution in [3.05, 3.63) is 47.0 Å². The molecule has 178 valence electrons. The Morgan fingerprint density at radius 3 is 2.73 bits per heavy atom. The highest BCUT2D eigenvalue weighted by Crippen LogP contribution is 2.34. The van der Waals surface area contributed by atoms with E-state index in [1.54, 1.807) is 12.1 Å². The smallest absolute Gasteiger partial charge is 0.313 e. The zero-order valence-corrected chi connectivity index (χ0v) is 17.9. The van der Waals surface area contributed by atoms with Gasteiger partial charge in [0.2, 0.25) is 11.7 Å². The summed E-state index contributed by atoms with van der Waals surface area (Å²) < 4.78 is 29.2. The first kappa shape index (κ1) is 23.3. The minimum absolute atomic E-state index is 0.0606. The lowest BCUT2D eigenvalue weighted by Gasteiger charge is -2.19. The largest absolute Gasteiger partial charge is 0.756 e. The molecule has 0 amide bonds. The first-order chi connectivity index (χ1) is 15.6. The van der Waals surface area contributed by atoms with E-state index in [-0.39, 0.29) is 30.3 Å². The van der Waals surface area contributed by atoms with E-state index in [1.807, 2.05) is 18.2 Å². The average Bonchev–Trinajstić information content (AvgIpc) is 3.24. The number of hydrogen-bond donors (Lipinski definition) is 5. The van der Waals surface area contributed by atoms with Gasteiger partial charge in [-0.15, -0.1) is 0 Å². The first-order valence-electron chi connectivity index (χ1n) is 9.81. The van der Waals surface area contributed by atoms with Crippen LogP contribution in [-0.2, 0) is 20.4 Å². The third-order valence-electron chi connectivity index (χ3n) is 5.05. The highest BCUT2D eigenvalue weighted by Gasteiger charge is 2.47. The first-order valence-corrected chi connectivity index (χ1v) is 11.3. The Balaban J connectivity index is 1.62. The number of ether oxygens (including phenoxy) is 2. The predicted molar refractivity (Wildman–Crippen MR) is 109 cm³/mol. The molecule has 1 fully saturated rings. The number of nitrogens with one attached hydrogen (secondary N) is 1. The summed E-state index contributed by atoms with van der Waals surface area (Å²) in [5, 5.41) is 20.8. The Morgan fingerprint density at radius 2 is 2.03 bits per heavy atom. The van der Waals surface area contributed by atoms with Gasteiger partial charge in [-0.05, 0) is 12.1 Å². The monoisotopic (exact) mass is 483 g/mol. The fourth-order valence-corrected chi connectivity index (χ4v) is 3.91. The van der Waals surface area contributed by atoms with Crippen LogP contribution in [0.25, 0.3) is 11.2 Å². The van der Waals surface area contributed by atoms with Crippen LogP contribution in [0.15, 0.2) is 41.5 Å². The molecule has 1 aliphatic rings. The number of H-pyrrole nitrogens is 1. The second kappa shape index (κ2) is 9.19. The van der Waals surface area contributed by atoms with Gasteiger partial charge in [-0.3, -0.25) is 18.9 Å². The third-order valence-corrected chi connectivity index (χ3v) is 5.52. The molecule has 5 atom stereocenters. The highest BCUT2D eigenvalue weighted by atomic mass is 31.2. The van der Waals surface area contributed by atoms with Gasteiger partial charge in [-0.1, -0.05) is 23.2 Å². The number of para-hydroxylation sites is 1. The zero-order chi connectivity index (χ0) is 23.8. The molecule has 2 aromatic heterocycles. The molecule has 6 N–H and O–H groups in total. The molecule has 33 heavy (non-hydrogen) atoms. The Hall–Kier alpha value is -2.84. The number of phosphoric ester groups is 1. The van der Waals surface area contributed by atoms with Gasteiger partial charge < -0.3 is 39.7 Å². The summed E-state index contributed by atoms with van der Waals surface area (Å²) >= 11 is 0. The Kier molecular flexibility index (Phi) is 6.50. The van der Waals surface area contributed by atoms with Crippen LogP contribution < -0.4 is 25.5 Å². The average molecular weight is 483 g/mol. The van der Waals surface area contributed by atoms with Crippen LogP contribution in [0.5, 0.6) is 5.75 Å². The number of aromatic nitrogens is 4. The summed E-state index contributed by atoms with van der Waals surface area (Å²) in [5.74, 6) is 0.457. The summed E-state index contributed by atoms with van der Waals surface area (Å²) in [6, 6.07) is 9.04. The maximum Gasteiger partial charge on any atom is 0.313 e. The highest BCUT2D eigenvalue weighted by molar-refractivity contribution is 7.44. The maximum absolute atomic E-state index is 12.6. The molecule has 1 saturated heterocycles. The van der Waals surface area contributed by atoms with Gasteiger partial charge in [0.1, 0.15) is 37.2 Å². The predicted octanol–water partition coefficient (Wildman–Crippen LogP) is -2.23. The SMILES string of the molecule is Nc1nc2c(c(=O)[nH]1)n(CCOc1ccccc1)c[n+]2[C@@H]1O[C@H](COP(=O)([O-])O)[C@@H](O)[C@H]1O. The number of benzene rings is 1. The molecule has 15 heteroatoms. The van der Waals surface area contributed by atoms with E-state index < -0.39 is 44.5 Å². The minimum atomic E-state index is -5.06. The topological polar surface area (TPSA) is 209 Å². The van der Waals surface area contributed by atoms with E-state index in [4.69, 9.17) is 20.1 Å². The molecule has 0 bridgehead atoms. The van der Waals surface area contributed by atoms with E-state index in [0.29, 0.717) is 5.75 Å². The molecule has 1 aromatic carbocycles. The second-order valence-corrected chi connectivity index (χ2v) is 8.51. The lowest BCUT2D eigenvalue weighted by atomic mass is 10.1. The van der Waals surface area contributed by atoms with E-state index >= 15 is 0 Å². The molecule has 0 saturated carbocycles. The van der Waals surface area contributed by atoms with E-state index in [0.717, 1.165) is 0 Å². The zero-order valence-electron chi connectivity index (χ0n) is 17.1. The van der Waals surface area contributed by atoms with Crippen molar-refractivity contribution >= 4 is 24.9 Å². The van der Waals surface area contributed by atoms with Crippen LogP contribution in [0.3, 0.4) is 0 Å². The minimum Gasteiger partial charge on any atom is -0.756 e. The molecule has 3 aromatic rings. The maximum atomic E-state index is 12.6. The quantitative estimate of drug-likeness (QED) is 0.171. The number of imidazole rings is 1. The molecular weight excluding hydrogens is 461 g/mol. The van der Waals surface area contributed by atoms with Crippen molar-refractivity contribution in [1.82, 2.24) is 14.5 Å². The Morgan fingerprint density at radius 1 is 1.30 bits per heavy atom. The molecule has 14 nitrogen and oxygen atoms in total. The summed E-state index contributed by atoms with van der Waals surface area (Å²) in [7, 11) is -5.06. The summed E-state index contributed by atoms with van der Waals surface area (Å²) in [4.78, 5) is 38.8. The molecule has 0 radical (unpaired) electrons. The standard InChI is InChI=1S/C18H22N5O9P/c19-18-20-15-12(16(26)21-18)22(6-7-30-10-4-2-1-3-5-10)9-23(15)17-14(25)13(24)11(32-17)8-31-33(27,28)29/h1-5,9,11,13-14,17,24-25H,6-8H2,(H4-,19,20,21,26,27,28,29)/t11-,13-,14-,17-/m1/s1. The van der Waals surface area contributed by atoms with Gasteiger partial charge in [0.25, 0.3) is 19.3 Å². The Labute approximate surface area is 186 Å². The number of aliphatic hydroxyl groups is 2. The summed E-state index contributed by atoms with van der Waals surface area (Å²) in [6.07, 6.45) is -4.19. The number of hydrogen-bond acceptors (Lipinski definition) is 10. The lowest BCUT2D eigenvalue weighted by molar-refractivity contribution is -0.746. The summed E-state index contributed by atoms with van der Waals surface area (Å²) in [5.41, 5.74) is 5.31. The fourth-order valence-electron chi connectivity index (χ4n) is 3.57. The molecule has 3 heterocycles. The van der Waals surface area contributed by atoms with Gasteiger partial charge in [-0.25, -0.2) is 4.57 Å². The summed E-state index contributed by atoms with van der Waals surface area (Å²) in [6.45, 7) is -0.318. The van der Waals surface area contributed by atoms with Gasteiger partial charge in [0, 0.05) is 0 Å².